The number of hydrogen-bond acceptors (Lipinski definition) is 2. The van der Waals surface area contributed by atoms with Crippen LogP contribution in [0.15, 0.2) is 78.4 Å². The van der Waals surface area contributed by atoms with Crippen molar-refractivity contribution in [3.8, 4) is 0 Å². The maximum absolute atomic E-state index is 12.7. The summed E-state index contributed by atoms with van der Waals surface area (Å²) in [6.45, 7) is 0. The van der Waals surface area contributed by atoms with Gasteiger partial charge in [0, 0.05) is 5.56 Å². The van der Waals surface area contributed by atoms with Gasteiger partial charge < -0.3 is 0 Å². The normalized spacial score (nSPS) is 11.4. The molecule has 0 saturated heterocycles. The molecule has 3 aromatic carbocycles. The highest BCUT2D eigenvalue weighted by Crippen LogP contribution is 2.21. The monoisotopic (exact) mass is 286 g/mol. The number of ketones is 1. The van der Waals surface area contributed by atoms with E-state index in [1.165, 1.54) is 0 Å². The van der Waals surface area contributed by atoms with E-state index in [9.17, 15) is 9.59 Å². The van der Waals surface area contributed by atoms with Gasteiger partial charge >= 0.3 is 0 Å². The van der Waals surface area contributed by atoms with Gasteiger partial charge in [-0.05, 0) is 22.4 Å². The first kappa shape index (κ1) is 14.0. The lowest BCUT2D eigenvalue weighted by atomic mass is 9.96. The number of aldehydes is 1. The van der Waals surface area contributed by atoms with Gasteiger partial charge in [-0.2, -0.15) is 0 Å². The van der Waals surface area contributed by atoms with Crippen molar-refractivity contribution in [1.82, 2.24) is 0 Å². The minimum atomic E-state index is -0.254. The third-order valence-corrected chi connectivity index (χ3v) is 3.55. The fraction of sp³-hybridized carbons (Fsp3) is 0. The molecule has 0 amide bonds. The van der Waals surface area contributed by atoms with Crippen molar-refractivity contribution in [3.05, 3.63) is 89.5 Å². The zero-order valence-corrected chi connectivity index (χ0v) is 11.9. The second-order valence-corrected chi connectivity index (χ2v) is 4.98. The molecule has 0 aliphatic carbocycles. The van der Waals surface area contributed by atoms with Crippen LogP contribution in [-0.2, 0) is 4.79 Å². The van der Waals surface area contributed by atoms with Gasteiger partial charge in [-0.1, -0.05) is 72.8 Å². The van der Waals surface area contributed by atoms with Crippen LogP contribution in [0.4, 0.5) is 0 Å². The number of benzene rings is 3. The molecule has 22 heavy (non-hydrogen) atoms. The maximum atomic E-state index is 12.7. The molecule has 0 spiro atoms. The lowest BCUT2D eigenvalue weighted by molar-refractivity contribution is -0.104. The topological polar surface area (TPSA) is 34.1 Å². The first-order valence-electron chi connectivity index (χ1n) is 7.04. The van der Waals surface area contributed by atoms with E-state index in [2.05, 4.69) is 0 Å². The highest BCUT2D eigenvalue weighted by atomic mass is 16.1. The largest absolute Gasteiger partial charge is 0.298 e. The minimum absolute atomic E-state index is 0.155. The Kier molecular flexibility index (Phi) is 3.92. The number of carbonyl (C=O) groups is 2. The van der Waals surface area contributed by atoms with Gasteiger partial charge in [0.2, 0.25) is 0 Å². The Hall–Kier alpha value is -3.00. The summed E-state index contributed by atoms with van der Waals surface area (Å²) in [4.78, 5) is 24.1. The zero-order chi connectivity index (χ0) is 15.4. The fourth-order valence-corrected chi connectivity index (χ4v) is 2.46. The number of allylic oxidation sites excluding steroid dienone is 1. The second-order valence-electron chi connectivity index (χ2n) is 4.98. The van der Waals surface area contributed by atoms with Gasteiger partial charge in [-0.15, -0.1) is 0 Å². The maximum Gasteiger partial charge on any atom is 0.196 e. The summed E-state index contributed by atoms with van der Waals surface area (Å²) in [7, 11) is 0. The number of rotatable bonds is 4. The lowest BCUT2D eigenvalue weighted by Gasteiger charge is -2.05. The molecule has 0 aromatic heterocycles. The van der Waals surface area contributed by atoms with Gasteiger partial charge in [0.05, 0.1) is 5.57 Å². The zero-order valence-electron chi connectivity index (χ0n) is 11.9. The van der Waals surface area contributed by atoms with Crippen LogP contribution in [0.1, 0.15) is 15.9 Å². The van der Waals surface area contributed by atoms with Crippen LogP contribution in [0, 0.1) is 0 Å². The fourth-order valence-electron chi connectivity index (χ4n) is 2.46. The summed E-state index contributed by atoms with van der Waals surface area (Å²) in [5.74, 6) is -0.254. The van der Waals surface area contributed by atoms with E-state index in [-0.39, 0.29) is 11.4 Å². The first-order chi connectivity index (χ1) is 10.8. The van der Waals surface area contributed by atoms with Crippen molar-refractivity contribution in [2.24, 2.45) is 0 Å². The second kappa shape index (κ2) is 6.19. The minimum Gasteiger partial charge on any atom is -0.298 e. The Bertz CT molecular complexity index is 856. The van der Waals surface area contributed by atoms with Crippen LogP contribution >= 0.6 is 0 Å². The lowest BCUT2D eigenvalue weighted by Crippen LogP contribution is -2.05. The van der Waals surface area contributed by atoms with Crippen LogP contribution in [0.5, 0.6) is 0 Å². The Balaban J connectivity index is 2.08. The molecule has 0 aliphatic rings. The molecular weight excluding hydrogens is 272 g/mol. The van der Waals surface area contributed by atoms with Crippen molar-refractivity contribution in [2.75, 3.05) is 0 Å². The van der Waals surface area contributed by atoms with Crippen LogP contribution in [0.3, 0.4) is 0 Å². The van der Waals surface area contributed by atoms with Crippen molar-refractivity contribution < 1.29 is 9.59 Å². The van der Waals surface area contributed by atoms with E-state index in [1.54, 1.807) is 12.1 Å². The predicted octanol–water partition coefficient (Wildman–Crippen LogP) is 4.31. The van der Waals surface area contributed by atoms with Crippen molar-refractivity contribution >= 4 is 28.9 Å². The molecule has 0 heterocycles. The molecule has 2 nitrogen and oxygen atoms in total. The Morgan fingerprint density at radius 1 is 0.773 bits per heavy atom. The molecule has 0 fully saturated rings. The third kappa shape index (κ3) is 2.72. The summed E-state index contributed by atoms with van der Waals surface area (Å²) in [5.41, 5.74) is 1.54. The number of carbonyl (C=O) groups excluding carboxylic acids is 2. The van der Waals surface area contributed by atoms with Crippen molar-refractivity contribution in [3.63, 3.8) is 0 Å². The summed E-state index contributed by atoms with van der Waals surface area (Å²) < 4.78 is 0. The third-order valence-electron chi connectivity index (χ3n) is 3.55. The average molecular weight is 286 g/mol. The Morgan fingerprint density at radius 2 is 1.45 bits per heavy atom. The Labute approximate surface area is 128 Å². The van der Waals surface area contributed by atoms with Crippen LogP contribution < -0.4 is 0 Å². The molecule has 0 saturated carbocycles. The number of hydrogen-bond donors (Lipinski definition) is 0. The predicted molar refractivity (Wildman–Crippen MR) is 88.8 cm³/mol. The van der Waals surface area contributed by atoms with Gasteiger partial charge in [0.25, 0.3) is 0 Å². The highest BCUT2D eigenvalue weighted by molar-refractivity contribution is 6.26. The highest BCUT2D eigenvalue weighted by Gasteiger charge is 2.14. The number of fused-ring (bicyclic) bond motifs is 1. The van der Waals surface area contributed by atoms with Crippen molar-refractivity contribution in [2.45, 2.75) is 0 Å². The molecule has 106 valence electrons. The van der Waals surface area contributed by atoms with Crippen LogP contribution in [-0.4, -0.2) is 12.1 Å². The summed E-state index contributed by atoms with van der Waals surface area (Å²) >= 11 is 0. The molecule has 3 rings (SSSR count). The SMILES string of the molecule is O=CC(=Cc1ccccc1)C(=O)c1cccc2ccccc12. The molecule has 0 atom stereocenters. The summed E-state index contributed by atoms with van der Waals surface area (Å²) in [6.07, 6.45) is 2.24. The molecule has 0 radical (unpaired) electrons. The van der Waals surface area contributed by atoms with Gasteiger partial charge in [-0.3, -0.25) is 9.59 Å². The Morgan fingerprint density at radius 3 is 2.23 bits per heavy atom. The molecule has 0 bridgehead atoms. The van der Waals surface area contributed by atoms with E-state index < -0.39 is 0 Å². The van der Waals surface area contributed by atoms with Crippen LogP contribution in [0.25, 0.3) is 16.8 Å². The smallest absolute Gasteiger partial charge is 0.196 e. The molecule has 0 aliphatic heterocycles. The quantitative estimate of drug-likeness (QED) is 0.235. The van der Waals surface area contributed by atoms with E-state index in [0.717, 1.165) is 16.3 Å². The van der Waals surface area contributed by atoms with Crippen LogP contribution in [0.2, 0.25) is 0 Å². The standard InChI is InChI=1S/C20H14O2/c21-14-17(13-15-7-2-1-3-8-15)20(22)19-12-6-10-16-9-4-5-11-18(16)19/h1-14H. The summed E-state index contributed by atoms with van der Waals surface area (Å²) in [6, 6.07) is 22.6. The molecule has 0 N–H and O–H groups in total. The van der Waals surface area contributed by atoms with Gasteiger partial charge in [-0.25, -0.2) is 0 Å². The molecule has 3 aromatic rings. The van der Waals surface area contributed by atoms with E-state index in [4.69, 9.17) is 0 Å². The average Bonchev–Trinajstić information content (AvgIpc) is 2.59. The molecular formula is C20H14O2. The van der Waals surface area contributed by atoms with Gasteiger partial charge in [0.15, 0.2) is 12.1 Å². The van der Waals surface area contributed by atoms with E-state index >= 15 is 0 Å². The van der Waals surface area contributed by atoms with Crippen molar-refractivity contribution in [1.29, 1.82) is 0 Å². The molecule has 2 heteroatoms. The molecule has 0 unspecified atom stereocenters. The number of Topliss-reactive ketones (excluding diaryl/α,β-unsaturated/α-hetero) is 1. The van der Waals surface area contributed by atoms with E-state index in [1.807, 2.05) is 66.7 Å². The van der Waals surface area contributed by atoms with E-state index in [0.29, 0.717) is 11.8 Å². The van der Waals surface area contributed by atoms with Gasteiger partial charge in [0.1, 0.15) is 0 Å². The first-order valence-corrected chi connectivity index (χ1v) is 7.04. The summed E-state index contributed by atoms with van der Waals surface area (Å²) in [5, 5.41) is 1.84.